The molecule has 2 amide bonds. The number of benzene rings is 1. The minimum absolute atomic E-state index is 0.0461. The van der Waals surface area contributed by atoms with Gasteiger partial charge >= 0.3 is 5.97 Å². The summed E-state index contributed by atoms with van der Waals surface area (Å²) >= 11 is 1.39. The molecule has 0 bridgehead atoms. The molecule has 27 heavy (non-hydrogen) atoms. The summed E-state index contributed by atoms with van der Waals surface area (Å²) in [6, 6.07) is 4.06. The molecule has 2 aliphatic heterocycles. The van der Waals surface area contributed by atoms with Crippen LogP contribution in [0.4, 0.5) is 0 Å². The third-order valence-corrected chi connectivity index (χ3v) is 5.70. The molecule has 2 heterocycles. The Kier molecular flexibility index (Phi) is 5.24. The number of hydrogen-bond donors (Lipinski definition) is 4. The molecule has 9 heteroatoms. The Hall–Kier alpha value is -2.78. The number of phenolic OH excluding ortho intramolecular Hbond substituents is 1. The van der Waals surface area contributed by atoms with Crippen LogP contribution in [0, 0.1) is 0 Å². The molecule has 0 spiro atoms. The molecule has 0 saturated carbocycles. The second-order valence-corrected chi connectivity index (χ2v) is 7.25. The zero-order chi connectivity index (χ0) is 19.7. The van der Waals surface area contributed by atoms with Crippen LogP contribution < -0.4 is 11.1 Å². The quantitative estimate of drug-likeness (QED) is 0.545. The molecule has 0 radical (unpaired) electrons. The zero-order valence-corrected chi connectivity index (χ0v) is 15.3. The summed E-state index contributed by atoms with van der Waals surface area (Å²) in [7, 11) is 0. The Morgan fingerprint density at radius 2 is 2.04 bits per heavy atom. The summed E-state index contributed by atoms with van der Waals surface area (Å²) < 4.78 is 0. The summed E-state index contributed by atoms with van der Waals surface area (Å²) in [5.74, 6) is -1.71. The Balaban J connectivity index is 1.74. The Morgan fingerprint density at radius 3 is 2.63 bits per heavy atom. The van der Waals surface area contributed by atoms with E-state index in [1.54, 1.807) is 19.1 Å². The van der Waals surface area contributed by atoms with Gasteiger partial charge in [0, 0.05) is 5.75 Å². The van der Waals surface area contributed by atoms with Crippen molar-refractivity contribution in [3.63, 3.8) is 0 Å². The van der Waals surface area contributed by atoms with Gasteiger partial charge in [-0.3, -0.25) is 14.5 Å². The van der Waals surface area contributed by atoms with Crippen LogP contribution in [0.15, 0.2) is 47.7 Å². The van der Waals surface area contributed by atoms with Gasteiger partial charge < -0.3 is 21.3 Å². The topological polar surface area (TPSA) is 133 Å². The predicted octanol–water partition coefficient (Wildman–Crippen LogP) is 0.707. The van der Waals surface area contributed by atoms with Crippen LogP contribution in [0.3, 0.4) is 0 Å². The number of nitrogens with zero attached hydrogens (tertiary/aromatic N) is 1. The smallest absolute Gasteiger partial charge is 0.352 e. The normalized spacial score (nSPS) is 23.0. The highest BCUT2D eigenvalue weighted by Crippen LogP contribution is 2.40. The molecular formula is C18H19N3O5S. The highest BCUT2D eigenvalue weighted by Gasteiger charge is 2.54. The zero-order valence-electron chi connectivity index (χ0n) is 14.5. The van der Waals surface area contributed by atoms with Crippen molar-refractivity contribution in [2.45, 2.75) is 24.4 Å². The molecule has 0 aromatic heterocycles. The molecule has 1 unspecified atom stereocenters. The molecule has 1 saturated heterocycles. The molecule has 5 N–H and O–H groups in total. The lowest BCUT2D eigenvalue weighted by atomic mass is 10.0. The van der Waals surface area contributed by atoms with Crippen LogP contribution in [0.5, 0.6) is 5.75 Å². The Bertz CT molecular complexity index is 849. The largest absolute Gasteiger partial charge is 0.508 e. The van der Waals surface area contributed by atoms with Crippen molar-refractivity contribution in [1.82, 2.24) is 10.2 Å². The monoisotopic (exact) mass is 389 g/mol. The van der Waals surface area contributed by atoms with E-state index < -0.39 is 35.2 Å². The number of aromatic hydroxyl groups is 1. The minimum atomic E-state index is -1.17. The van der Waals surface area contributed by atoms with Crippen molar-refractivity contribution in [3.8, 4) is 5.75 Å². The van der Waals surface area contributed by atoms with Crippen molar-refractivity contribution >= 4 is 29.5 Å². The Morgan fingerprint density at radius 1 is 1.37 bits per heavy atom. The van der Waals surface area contributed by atoms with Gasteiger partial charge in [0.15, 0.2) is 0 Å². The number of allylic oxidation sites excluding steroid dienone is 2. The van der Waals surface area contributed by atoms with E-state index in [-0.39, 0.29) is 11.4 Å². The summed E-state index contributed by atoms with van der Waals surface area (Å²) in [6.45, 7) is 1.77. The molecule has 1 aromatic rings. The molecule has 8 nitrogen and oxygen atoms in total. The van der Waals surface area contributed by atoms with Crippen LogP contribution in [0.2, 0.25) is 0 Å². The number of fused-ring (bicyclic) bond motifs is 1. The number of nitrogens with one attached hydrogen (secondary N) is 1. The van der Waals surface area contributed by atoms with Crippen molar-refractivity contribution < 1.29 is 24.6 Å². The van der Waals surface area contributed by atoms with Crippen LogP contribution in [-0.2, 0) is 14.4 Å². The second kappa shape index (κ2) is 7.45. The van der Waals surface area contributed by atoms with E-state index in [9.17, 15) is 24.6 Å². The fraction of sp³-hybridized carbons (Fsp3) is 0.278. The maximum atomic E-state index is 12.5. The van der Waals surface area contributed by atoms with Gasteiger partial charge in [-0.25, -0.2) is 4.79 Å². The highest BCUT2D eigenvalue weighted by molar-refractivity contribution is 8.00. The first kappa shape index (κ1) is 19.0. The predicted molar refractivity (Wildman–Crippen MR) is 99.5 cm³/mol. The number of carbonyl (C=O) groups is 3. The number of phenols is 1. The average molecular weight is 389 g/mol. The number of carboxylic acids is 1. The molecule has 142 valence electrons. The average Bonchev–Trinajstić information content (AvgIpc) is 2.65. The summed E-state index contributed by atoms with van der Waals surface area (Å²) in [5.41, 5.74) is 6.93. The van der Waals surface area contributed by atoms with Gasteiger partial charge in [0.05, 0.1) is 0 Å². The van der Waals surface area contributed by atoms with E-state index in [1.165, 1.54) is 40.9 Å². The van der Waals surface area contributed by atoms with Crippen LogP contribution in [0.25, 0.3) is 0 Å². The molecule has 1 fully saturated rings. The van der Waals surface area contributed by atoms with Crippen LogP contribution in [0.1, 0.15) is 18.5 Å². The van der Waals surface area contributed by atoms with Gasteiger partial charge in [-0.1, -0.05) is 24.3 Å². The third kappa shape index (κ3) is 3.43. The fourth-order valence-corrected chi connectivity index (χ4v) is 4.37. The first-order valence-electron chi connectivity index (χ1n) is 8.24. The van der Waals surface area contributed by atoms with Gasteiger partial charge in [-0.2, -0.15) is 0 Å². The van der Waals surface area contributed by atoms with Gasteiger partial charge in [0.25, 0.3) is 5.91 Å². The van der Waals surface area contributed by atoms with Crippen LogP contribution >= 0.6 is 11.8 Å². The summed E-state index contributed by atoms with van der Waals surface area (Å²) in [5, 5.41) is 20.9. The van der Waals surface area contributed by atoms with Gasteiger partial charge in [-0.05, 0) is 30.2 Å². The number of carbonyl (C=O) groups excluding carboxylic acids is 2. The first-order valence-corrected chi connectivity index (χ1v) is 9.28. The molecule has 3 atom stereocenters. The number of β-lactam (4-membered cyclic amide) rings is 1. The number of carboxylic acid groups (broad SMARTS) is 1. The Labute approximate surface area is 159 Å². The van der Waals surface area contributed by atoms with E-state index in [1.807, 2.05) is 0 Å². The number of amides is 2. The summed E-state index contributed by atoms with van der Waals surface area (Å²) in [4.78, 5) is 37.7. The van der Waals surface area contributed by atoms with Crippen molar-refractivity contribution in [2.24, 2.45) is 5.73 Å². The molecular weight excluding hydrogens is 370 g/mol. The van der Waals surface area contributed by atoms with Crippen molar-refractivity contribution in [3.05, 3.63) is 53.3 Å². The van der Waals surface area contributed by atoms with Crippen LogP contribution in [-0.4, -0.2) is 50.1 Å². The highest BCUT2D eigenvalue weighted by atomic mass is 32.2. The second-order valence-electron chi connectivity index (χ2n) is 6.14. The molecule has 0 aliphatic carbocycles. The third-order valence-electron chi connectivity index (χ3n) is 4.40. The number of rotatable bonds is 5. The SMILES string of the molecule is C/C=C/C1=C(C(=O)O)N2C(=O)[C@@H](NC(=O)C(N)c3ccc(O)cc3)[C@H]2SC1. The number of thioether (sulfide) groups is 1. The van der Waals surface area contributed by atoms with Crippen molar-refractivity contribution in [2.75, 3.05) is 5.75 Å². The van der Waals surface area contributed by atoms with Crippen molar-refractivity contribution in [1.29, 1.82) is 0 Å². The standard InChI is InChI=1S/C18H19N3O5S/c1-2-3-10-8-27-17-13(16(24)21(17)14(10)18(25)26)20-15(23)12(19)9-4-6-11(22)7-5-9/h2-7,12-13,17,22H,8,19H2,1H3,(H,20,23)(H,25,26)/b3-2+/t12?,13-,17-/m1/s1. The number of nitrogens with two attached hydrogens (primary N) is 1. The molecule has 3 rings (SSSR count). The van der Waals surface area contributed by atoms with E-state index in [0.29, 0.717) is 16.9 Å². The summed E-state index contributed by atoms with van der Waals surface area (Å²) in [6.07, 6.45) is 3.39. The number of hydrogen-bond acceptors (Lipinski definition) is 6. The van der Waals surface area contributed by atoms with Gasteiger partial charge in [-0.15, -0.1) is 11.8 Å². The fourth-order valence-electron chi connectivity index (χ4n) is 3.05. The number of aliphatic carboxylic acids is 1. The van der Waals surface area contributed by atoms with E-state index in [4.69, 9.17) is 5.73 Å². The van der Waals surface area contributed by atoms with Gasteiger partial charge in [0.2, 0.25) is 5.91 Å². The first-order chi connectivity index (χ1) is 12.8. The molecule has 1 aromatic carbocycles. The lowest BCUT2D eigenvalue weighted by Gasteiger charge is -2.49. The minimum Gasteiger partial charge on any atom is -0.508 e. The lowest BCUT2D eigenvalue weighted by Crippen LogP contribution is -2.71. The van der Waals surface area contributed by atoms with E-state index >= 15 is 0 Å². The maximum Gasteiger partial charge on any atom is 0.352 e. The molecule has 2 aliphatic rings. The lowest BCUT2D eigenvalue weighted by molar-refractivity contribution is -0.150. The maximum absolute atomic E-state index is 12.5. The van der Waals surface area contributed by atoms with E-state index in [0.717, 1.165) is 0 Å². The van der Waals surface area contributed by atoms with Gasteiger partial charge in [0.1, 0.15) is 28.9 Å². The van der Waals surface area contributed by atoms with E-state index in [2.05, 4.69) is 5.32 Å².